The van der Waals surface area contributed by atoms with Crippen LogP contribution in [0.5, 0.6) is 0 Å². The van der Waals surface area contributed by atoms with Crippen LogP contribution in [0, 0.1) is 19.8 Å². The Morgan fingerprint density at radius 1 is 1.46 bits per heavy atom. The summed E-state index contributed by atoms with van der Waals surface area (Å²) in [5.41, 5.74) is 1.15. The number of thiazole rings is 1. The molecular formula is C10H17NOS. The predicted molar refractivity (Wildman–Crippen MR) is 56.2 cm³/mol. The lowest BCUT2D eigenvalue weighted by atomic mass is 10.1. The minimum absolute atomic E-state index is 0.281. The van der Waals surface area contributed by atoms with Gasteiger partial charge in [0.05, 0.1) is 10.7 Å². The molecular weight excluding hydrogens is 182 g/mol. The van der Waals surface area contributed by atoms with Gasteiger partial charge >= 0.3 is 0 Å². The van der Waals surface area contributed by atoms with Crippen molar-refractivity contribution in [2.45, 2.75) is 33.6 Å². The summed E-state index contributed by atoms with van der Waals surface area (Å²) in [7, 11) is 0. The number of aryl methyl sites for hydroxylation is 3. The molecule has 0 spiro atoms. The van der Waals surface area contributed by atoms with E-state index < -0.39 is 0 Å². The van der Waals surface area contributed by atoms with Gasteiger partial charge in [-0.3, -0.25) is 0 Å². The molecule has 0 saturated carbocycles. The average Bonchev–Trinajstić information content (AvgIpc) is 2.42. The van der Waals surface area contributed by atoms with Gasteiger partial charge in [-0.2, -0.15) is 0 Å². The minimum Gasteiger partial charge on any atom is -0.396 e. The first-order valence-corrected chi connectivity index (χ1v) is 5.49. The van der Waals surface area contributed by atoms with Crippen LogP contribution in [0.3, 0.4) is 0 Å². The van der Waals surface area contributed by atoms with E-state index in [4.69, 9.17) is 5.11 Å². The molecule has 0 saturated heterocycles. The summed E-state index contributed by atoms with van der Waals surface area (Å²) in [6.07, 6.45) is 2.03. The highest BCUT2D eigenvalue weighted by Crippen LogP contribution is 2.19. The second-order valence-electron chi connectivity index (χ2n) is 3.58. The van der Waals surface area contributed by atoms with Crippen LogP contribution in [-0.2, 0) is 6.42 Å². The fourth-order valence-corrected chi connectivity index (χ4v) is 2.06. The third-order valence-corrected chi connectivity index (χ3v) is 3.37. The van der Waals surface area contributed by atoms with Crippen molar-refractivity contribution >= 4 is 11.3 Å². The Balaban J connectivity index is 2.45. The molecule has 1 heterocycles. The monoisotopic (exact) mass is 199 g/mol. The number of nitrogens with zero attached hydrogens (tertiary/aromatic N) is 1. The number of aliphatic hydroxyl groups is 1. The van der Waals surface area contributed by atoms with E-state index in [2.05, 4.69) is 18.8 Å². The van der Waals surface area contributed by atoms with Gasteiger partial charge in [0.25, 0.3) is 0 Å². The molecule has 13 heavy (non-hydrogen) atoms. The maximum absolute atomic E-state index is 8.86. The molecule has 1 N–H and O–H groups in total. The summed E-state index contributed by atoms with van der Waals surface area (Å²) in [5, 5.41) is 10.1. The Morgan fingerprint density at radius 3 is 2.62 bits per heavy atom. The fraction of sp³-hybridized carbons (Fsp3) is 0.700. The topological polar surface area (TPSA) is 33.1 Å². The van der Waals surface area contributed by atoms with Crippen molar-refractivity contribution in [3.63, 3.8) is 0 Å². The van der Waals surface area contributed by atoms with E-state index in [0.29, 0.717) is 5.92 Å². The van der Waals surface area contributed by atoms with Crippen molar-refractivity contribution in [2.24, 2.45) is 5.92 Å². The largest absolute Gasteiger partial charge is 0.396 e. The second kappa shape index (κ2) is 4.72. The summed E-state index contributed by atoms with van der Waals surface area (Å²) in [6.45, 7) is 6.49. The van der Waals surface area contributed by atoms with E-state index in [-0.39, 0.29) is 6.61 Å². The Labute approximate surface area is 83.6 Å². The predicted octanol–water partition coefficient (Wildman–Crippen LogP) is 2.32. The van der Waals surface area contributed by atoms with Gasteiger partial charge in [-0.1, -0.05) is 6.92 Å². The lowest BCUT2D eigenvalue weighted by molar-refractivity contribution is 0.230. The Hall–Kier alpha value is -0.410. The van der Waals surface area contributed by atoms with Crippen LogP contribution in [0.25, 0.3) is 0 Å². The van der Waals surface area contributed by atoms with Crippen molar-refractivity contribution in [1.29, 1.82) is 0 Å². The molecule has 0 bridgehead atoms. The molecule has 0 aliphatic rings. The SMILES string of the molecule is Cc1nc(CCC(C)CO)sc1C. The van der Waals surface area contributed by atoms with Crippen molar-refractivity contribution < 1.29 is 5.11 Å². The molecule has 0 amide bonds. The van der Waals surface area contributed by atoms with Gasteiger partial charge in [0, 0.05) is 11.5 Å². The van der Waals surface area contributed by atoms with Crippen molar-refractivity contribution in [3.05, 3.63) is 15.6 Å². The lowest BCUT2D eigenvalue weighted by Gasteiger charge is -2.04. The van der Waals surface area contributed by atoms with Gasteiger partial charge in [-0.25, -0.2) is 4.98 Å². The molecule has 3 heteroatoms. The van der Waals surface area contributed by atoms with E-state index in [1.807, 2.05) is 6.92 Å². The summed E-state index contributed by atoms with van der Waals surface area (Å²) < 4.78 is 0. The van der Waals surface area contributed by atoms with Gasteiger partial charge in [0.1, 0.15) is 0 Å². The fourth-order valence-electron chi connectivity index (χ4n) is 1.11. The Morgan fingerprint density at radius 2 is 2.15 bits per heavy atom. The molecule has 2 nitrogen and oxygen atoms in total. The quantitative estimate of drug-likeness (QED) is 0.807. The van der Waals surface area contributed by atoms with Crippen LogP contribution in [0.15, 0.2) is 0 Å². The second-order valence-corrected chi connectivity index (χ2v) is 4.86. The maximum Gasteiger partial charge on any atom is 0.0930 e. The third kappa shape index (κ3) is 3.08. The standard InChI is InChI=1S/C10H17NOS/c1-7(6-12)4-5-10-11-8(2)9(3)13-10/h7,12H,4-6H2,1-3H3. The molecule has 1 aromatic rings. The Kier molecular flexibility index (Phi) is 3.88. The first-order chi connectivity index (χ1) is 6.13. The third-order valence-electron chi connectivity index (χ3n) is 2.24. The zero-order chi connectivity index (χ0) is 9.84. The van der Waals surface area contributed by atoms with Crippen molar-refractivity contribution in [1.82, 2.24) is 4.98 Å². The number of rotatable bonds is 4. The van der Waals surface area contributed by atoms with Crippen LogP contribution >= 0.6 is 11.3 Å². The summed E-state index contributed by atoms with van der Waals surface area (Å²) >= 11 is 1.77. The zero-order valence-corrected chi connectivity index (χ0v) is 9.32. The van der Waals surface area contributed by atoms with Crippen molar-refractivity contribution in [3.8, 4) is 0 Å². The lowest BCUT2D eigenvalue weighted by Crippen LogP contribution is -2.01. The summed E-state index contributed by atoms with van der Waals surface area (Å²) in [6, 6.07) is 0. The van der Waals surface area contributed by atoms with Gasteiger partial charge in [0.2, 0.25) is 0 Å². The molecule has 0 radical (unpaired) electrons. The van der Waals surface area contributed by atoms with Crippen molar-refractivity contribution in [2.75, 3.05) is 6.61 Å². The molecule has 74 valence electrons. The van der Waals surface area contributed by atoms with Gasteiger partial charge < -0.3 is 5.11 Å². The highest BCUT2D eigenvalue weighted by Gasteiger charge is 2.05. The molecule has 0 aliphatic heterocycles. The smallest absolute Gasteiger partial charge is 0.0930 e. The van der Waals surface area contributed by atoms with E-state index in [9.17, 15) is 0 Å². The number of hydrogen-bond acceptors (Lipinski definition) is 3. The number of aromatic nitrogens is 1. The molecule has 1 rings (SSSR count). The zero-order valence-electron chi connectivity index (χ0n) is 8.50. The molecule has 0 aliphatic carbocycles. The van der Waals surface area contributed by atoms with Crippen LogP contribution in [-0.4, -0.2) is 16.7 Å². The first kappa shape index (κ1) is 10.7. The first-order valence-electron chi connectivity index (χ1n) is 4.67. The van der Waals surface area contributed by atoms with E-state index in [1.54, 1.807) is 11.3 Å². The molecule has 1 aromatic heterocycles. The molecule has 0 fully saturated rings. The number of aliphatic hydroxyl groups excluding tert-OH is 1. The van der Waals surface area contributed by atoms with Gasteiger partial charge in [-0.05, 0) is 32.6 Å². The van der Waals surface area contributed by atoms with Crippen LogP contribution in [0.2, 0.25) is 0 Å². The number of hydrogen-bond donors (Lipinski definition) is 1. The maximum atomic E-state index is 8.86. The average molecular weight is 199 g/mol. The van der Waals surface area contributed by atoms with E-state index >= 15 is 0 Å². The summed E-state index contributed by atoms with van der Waals surface area (Å²) in [5.74, 6) is 0.393. The van der Waals surface area contributed by atoms with E-state index in [1.165, 1.54) is 9.88 Å². The minimum atomic E-state index is 0.281. The van der Waals surface area contributed by atoms with Crippen LogP contribution < -0.4 is 0 Å². The van der Waals surface area contributed by atoms with Crippen LogP contribution in [0.1, 0.15) is 28.9 Å². The highest BCUT2D eigenvalue weighted by molar-refractivity contribution is 7.11. The molecule has 1 atom stereocenters. The summed E-state index contributed by atoms with van der Waals surface area (Å²) in [4.78, 5) is 5.77. The van der Waals surface area contributed by atoms with Gasteiger partial charge in [-0.15, -0.1) is 11.3 Å². The Bertz CT molecular complexity index is 250. The highest BCUT2D eigenvalue weighted by atomic mass is 32.1. The molecule has 0 aromatic carbocycles. The normalized spacial score (nSPS) is 13.2. The van der Waals surface area contributed by atoms with Gasteiger partial charge in [0.15, 0.2) is 0 Å². The van der Waals surface area contributed by atoms with Crippen LogP contribution in [0.4, 0.5) is 0 Å². The molecule has 1 unspecified atom stereocenters. The van der Waals surface area contributed by atoms with E-state index in [0.717, 1.165) is 18.5 Å².